The summed E-state index contributed by atoms with van der Waals surface area (Å²) in [6, 6.07) is 3.03. The van der Waals surface area contributed by atoms with Crippen LogP contribution in [0.4, 0.5) is 5.69 Å². The van der Waals surface area contributed by atoms with Crippen molar-refractivity contribution in [1.82, 2.24) is 0 Å². The van der Waals surface area contributed by atoms with Crippen molar-refractivity contribution >= 4 is 21.6 Å². The van der Waals surface area contributed by atoms with Gasteiger partial charge in [-0.2, -0.15) is 0 Å². The number of nitro groups is 1. The van der Waals surface area contributed by atoms with E-state index in [4.69, 9.17) is 4.74 Å². The van der Waals surface area contributed by atoms with Crippen molar-refractivity contribution in [2.45, 2.75) is 33.3 Å². The lowest BCUT2D eigenvalue weighted by molar-refractivity contribution is -0.386. The highest BCUT2D eigenvalue weighted by Crippen LogP contribution is 2.38. The van der Waals surface area contributed by atoms with Crippen molar-refractivity contribution in [3.8, 4) is 5.75 Å². The van der Waals surface area contributed by atoms with Crippen LogP contribution in [0.2, 0.25) is 0 Å². The Hall–Kier alpha value is -1.14. The first kappa shape index (κ1) is 15.9. The van der Waals surface area contributed by atoms with Crippen LogP contribution in [0.3, 0.4) is 0 Å². The summed E-state index contributed by atoms with van der Waals surface area (Å²) >= 11 is 3.20. The van der Waals surface area contributed by atoms with Gasteiger partial charge in [0.25, 0.3) is 0 Å². The fourth-order valence-electron chi connectivity index (χ4n) is 1.60. The van der Waals surface area contributed by atoms with Crippen molar-refractivity contribution in [1.29, 1.82) is 0 Å². The van der Waals surface area contributed by atoms with E-state index in [1.54, 1.807) is 13.0 Å². The number of benzene rings is 1. The summed E-state index contributed by atoms with van der Waals surface area (Å²) in [6.07, 6.45) is -0.0304. The van der Waals surface area contributed by atoms with Crippen LogP contribution in [0.5, 0.6) is 5.75 Å². The molecule has 0 amide bonds. The predicted octanol–water partition coefficient (Wildman–Crippen LogP) is 3.84. The van der Waals surface area contributed by atoms with Gasteiger partial charge in [0, 0.05) is 16.1 Å². The molecule has 0 aliphatic heterocycles. The molecule has 0 aliphatic rings. The van der Waals surface area contributed by atoms with E-state index in [-0.39, 0.29) is 11.4 Å². The molecule has 1 N–H and O–H groups in total. The predicted molar refractivity (Wildman–Crippen MR) is 76.4 cm³/mol. The maximum atomic E-state index is 11.1. The van der Waals surface area contributed by atoms with Gasteiger partial charge in [0.15, 0.2) is 0 Å². The Balaban J connectivity index is 3.12. The average molecular weight is 332 g/mol. The van der Waals surface area contributed by atoms with Gasteiger partial charge in [0.05, 0.1) is 17.6 Å². The van der Waals surface area contributed by atoms with E-state index in [2.05, 4.69) is 29.8 Å². The van der Waals surface area contributed by atoms with Crippen LogP contribution in [-0.4, -0.2) is 16.6 Å². The number of aliphatic hydroxyl groups is 1. The molecule has 1 atom stereocenters. The number of nitro benzene ring substituents is 1. The van der Waals surface area contributed by atoms with Crippen molar-refractivity contribution in [2.24, 2.45) is 5.92 Å². The van der Waals surface area contributed by atoms with Crippen LogP contribution in [0.15, 0.2) is 16.6 Å². The molecule has 5 nitrogen and oxygen atoms in total. The van der Waals surface area contributed by atoms with E-state index < -0.39 is 11.0 Å². The van der Waals surface area contributed by atoms with Crippen molar-refractivity contribution in [2.75, 3.05) is 6.61 Å². The Morgan fingerprint density at radius 1 is 1.42 bits per heavy atom. The van der Waals surface area contributed by atoms with Gasteiger partial charge in [-0.25, -0.2) is 0 Å². The first-order valence-corrected chi connectivity index (χ1v) is 6.91. The Labute approximate surface area is 120 Å². The molecule has 0 saturated heterocycles. The monoisotopic (exact) mass is 331 g/mol. The smallest absolute Gasteiger partial charge is 0.312 e. The maximum absolute atomic E-state index is 11.1. The van der Waals surface area contributed by atoms with E-state index in [1.165, 1.54) is 6.07 Å². The standard InChI is InChI=1S/C13H18BrNO4/c1-8(2)4-5-19-13-11(9(3)16)6-10(14)7-12(13)15(17)18/h6-9,16H,4-5H2,1-3H3. The number of hydrogen-bond acceptors (Lipinski definition) is 4. The lowest BCUT2D eigenvalue weighted by Gasteiger charge is -2.15. The molecule has 106 valence electrons. The molecular weight excluding hydrogens is 314 g/mol. The Morgan fingerprint density at radius 3 is 2.53 bits per heavy atom. The molecule has 0 spiro atoms. The quantitative estimate of drug-likeness (QED) is 0.635. The SMILES string of the molecule is CC(C)CCOc1c(C(C)O)cc(Br)cc1[N+](=O)[O-]. The number of ether oxygens (including phenoxy) is 1. The number of aliphatic hydroxyl groups excluding tert-OH is 1. The highest BCUT2D eigenvalue weighted by molar-refractivity contribution is 9.10. The van der Waals surface area contributed by atoms with Gasteiger partial charge in [-0.3, -0.25) is 10.1 Å². The van der Waals surface area contributed by atoms with Gasteiger partial charge < -0.3 is 9.84 Å². The van der Waals surface area contributed by atoms with Gasteiger partial charge in [-0.15, -0.1) is 0 Å². The van der Waals surface area contributed by atoms with Crippen LogP contribution >= 0.6 is 15.9 Å². The topological polar surface area (TPSA) is 72.6 Å². The number of nitrogens with zero attached hydrogens (tertiary/aromatic N) is 1. The molecule has 6 heteroatoms. The lowest BCUT2D eigenvalue weighted by Crippen LogP contribution is -2.07. The van der Waals surface area contributed by atoms with Gasteiger partial charge >= 0.3 is 5.69 Å². The van der Waals surface area contributed by atoms with Crippen LogP contribution in [0, 0.1) is 16.0 Å². The third-order valence-electron chi connectivity index (χ3n) is 2.65. The van der Waals surface area contributed by atoms with Crippen molar-refractivity contribution in [3.63, 3.8) is 0 Å². The number of halogens is 1. The fourth-order valence-corrected chi connectivity index (χ4v) is 2.06. The zero-order valence-electron chi connectivity index (χ0n) is 11.2. The summed E-state index contributed by atoms with van der Waals surface area (Å²) in [5.41, 5.74) is 0.291. The Morgan fingerprint density at radius 2 is 2.05 bits per heavy atom. The minimum absolute atomic E-state index is 0.131. The lowest BCUT2D eigenvalue weighted by atomic mass is 10.1. The minimum Gasteiger partial charge on any atom is -0.487 e. The first-order valence-electron chi connectivity index (χ1n) is 6.11. The van der Waals surface area contributed by atoms with E-state index in [0.717, 1.165) is 6.42 Å². The molecule has 0 saturated carbocycles. The zero-order valence-corrected chi connectivity index (χ0v) is 12.8. The second-order valence-corrected chi connectivity index (χ2v) is 5.72. The molecule has 1 aromatic rings. The molecular formula is C13H18BrNO4. The van der Waals surface area contributed by atoms with E-state index in [0.29, 0.717) is 22.6 Å². The molecule has 0 fully saturated rings. The van der Waals surface area contributed by atoms with E-state index >= 15 is 0 Å². The first-order chi connectivity index (χ1) is 8.82. The summed E-state index contributed by atoms with van der Waals surface area (Å²) in [6.45, 7) is 6.05. The Kier molecular flexibility index (Phi) is 5.75. The highest BCUT2D eigenvalue weighted by atomic mass is 79.9. The van der Waals surface area contributed by atoms with E-state index in [1.807, 2.05) is 0 Å². The Bertz CT molecular complexity index is 460. The molecule has 1 unspecified atom stereocenters. The second-order valence-electron chi connectivity index (χ2n) is 4.81. The molecule has 0 heterocycles. The molecule has 0 radical (unpaired) electrons. The molecule has 19 heavy (non-hydrogen) atoms. The average Bonchev–Trinajstić information content (AvgIpc) is 2.29. The maximum Gasteiger partial charge on any atom is 0.312 e. The van der Waals surface area contributed by atoms with Crippen LogP contribution in [-0.2, 0) is 0 Å². The van der Waals surface area contributed by atoms with E-state index in [9.17, 15) is 15.2 Å². The molecule has 0 aromatic heterocycles. The summed E-state index contributed by atoms with van der Waals surface area (Å²) < 4.78 is 6.08. The summed E-state index contributed by atoms with van der Waals surface area (Å²) in [4.78, 5) is 10.6. The third-order valence-corrected chi connectivity index (χ3v) is 3.11. The second kappa shape index (κ2) is 6.86. The molecule has 0 aliphatic carbocycles. The summed E-state index contributed by atoms with van der Waals surface area (Å²) in [5.74, 6) is 0.605. The van der Waals surface area contributed by atoms with Gasteiger partial charge in [-0.05, 0) is 25.3 Å². The normalized spacial score (nSPS) is 12.5. The molecule has 1 rings (SSSR count). The summed E-state index contributed by atoms with van der Waals surface area (Å²) in [7, 11) is 0. The molecule has 0 bridgehead atoms. The molecule has 1 aromatic carbocycles. The van der Waals surface area contributed by atoms with Gasteiger partial charge in [-0.1, -0.05) is 29.8 Å². The van der Waals surface area contributed by atoms with Crippen LogP contribution < -0.4 is 4.74 Å². The number of rotatable bonds is 6. The van der Waals surface area contributed by atoms with Crippen LogP contribution in [0.1, 0.15) is 38.9 Å². The highest BCUT2D eigenvalue weighted by Gasteiger charge is 2.23. The zero-order chi connectivity index (χ0) is 14.6. The summed E-state index contributed by atoms with van der Waals surface area (Å²) in [5, 5.41) is 20.8. The third kappa shape index (κ3) is 4.47. The minimum atomic E-state index is -0.828. The fraction of sp³-hybridized carbons (Fsp3) is 0.538. The van der Waals surface area contributed by atoms with Crippen molar-refractivity contribution in [3.05, 3.63) is 32.3 Å². The van der Waals surface area contributed by atoms with Crippen molar-refractivity contribution < 1.29 is 14.8 Å². The van der Waals surface area contributed by atoms with Gasteiger partial charge in [0.2, 0.25) is 5.75 Å². The van der Waals surface area contributed by atoms with Crippen LogP contribution in [0.25, 0.3) is 0 Å². The van der Waals surface area contributed by atoms with Gasteiger partial charge in [0.1, 0.15) is 0 Å². The largest absolute Gasteiger partial charge is 0.487 e. The number of hydrogen-bond donors (Lipinski definition) is 1.